The van der Waals surface area contributed by atoms with E-state index in [0.717, 1.165) is 32.1 Å². The van der Waals surface area contributed by atoms with Gasteiger partial charge >= 0.3 is 0 Å². The minimum Gasteiger partial charge on any atom is -0.371 e. The summed E-state index contributed by atoms with van der Waals surface area (Å²) < 4.78 is 13.3. The third kappa shape index (κ3) is 3.96. The average Bonchev–Trinajstić information content (AvgIpc) is 2.63. The van der Waals surface area contributed by atoms with Gasteiger partial charge in [-0.3, -0.25) is 4.79 Å². The van der Waals surface area contributed by atoms with Crippen molar-refractivity contribution < 1.29 is 9.18 Å². The second kappa shape index (κ2) is 6.92. The van der Waals surface area contributed by atoms with Crippen molar-refractivity contribution in [3.8, 4) is 0 Å². The van der Waals surface area contributed by atoms with E-state index in [-0.39, 0.29) is 11.7 Å². The van der Waals surface area contributed by atoms with Crippen LogP contribution in [0.15, 0.2) is 24.3 Å². The fourth-order valence-electron chi connectivity index (χ4n) is 3.38. The third-order valence-corrected chi connectivity index (χ3v) is 4.57. The molecule has 0 saturated heterocycles. The van der Waals surface area contributed by atoms with Gasteiger partial charge in [0.15, 0.2) is 0 Å². The summed E-state index contributed by atoms with van der Waals surface area (Å²) in [7, 11) is 0. The number of anilines is 1. The Bertz CT molecular complexity index is 491. The lowest BCUT2D eigenvalue weighted by atomic mass is 9.88. The van der Waals surface area contributed by atoms with Gasteiger partial charge in [-0.25, -0.2) is 4.39 Å². The van der Waals surface area contributed by atoms with Crippen LogP contribution in [0.1, 0.15) is 51.9 Å². The number of benzene rings is 1. The number of amides is 1. The highest BCUT2D eigenvalue weighted by Gasteiger charge is 2.38. The van der Waals surface area contributed by atoms with Crippen LogP contribution in [0, 0.1) is 11.7 Å². The van der Waals surface area contributed by atoms with E-state index in [9.17, 15) is 9.18 Å². The molecule has 3 nitrogen and oxygen atoms in total. The van der Waals surface area contributed by atoms with E-state index >= 15 is 0 Å². The molecule has 1 aromatic carbocycles. The Balaban J connectivity index is 2.15. The van der Waals surface area contributed by atoms with Crippen LogP contribution in [0.2, 0.25) is 0 Å². The van der Waals surface area contributed by atoms with Gasteiger partial charge in [0.25, 0.3) is 0 Å². The zero-order valence-electron chi connectivity index (χ0n) is 12.7. The van der Waals surface area contributed by atoms with Crippen molar-refractivity contribution >= 4 is 11.6 Å². The normalized spacial score (nSPS) is 26.1. The van der Waals surface area contributed by atoms with Gasteiger partial charge in [-0.15, -0.1) is 0 Å². The SMILES string of the molecule is CCCC1CCCC(Nc2cccc(F)c2)(C(N)=O)CC1. The van der Waals surface area contributed by atoms with Gasteiger partial charge in [-0.05, 0) is 43.4 Å². The van der Waals surface area contributed by atoms with E-state index in [0.29, 0.717) is 11.6 Å². The number of hydrogen-bond donors (Lipinski definition) is 2. The first-order valence-corrected chi connectivity index (χ1v) is 7.89. The maximum absolute atomic E-state index is 13.3. The molecule has 0 heterocycles. The molecule has 1 aliphatic carbocycles. The second-order valence-electron chi connectivity index (χ2n) is 6.17. The molecular formula is C17H25FN2O. The van der Waals surface area contributed by atoms with Gasteiger partial charge in [0.05, 0.1) is 0 Å². The van der Waals surface area contributed by atoms with Crippen LogP contribution >= 0.6 is 0 Å². The first kappa shape index (κ1) is 15.8. The lowest BCUT2D eigenvalue weighted by Crippen LogP contribution is -2.50. The number of nitrogens with two attached hydrogens (primary N) is 1. The largest absolute Gasteiger partial charge is 0.371 e. The van der Waals surface area contributed by atoms with E-state index in [2.05, 4.69) is 12.2 Å². The predicted octanol–water partition coefficient (Wildman–Crippen LogP) is 3.84. The minimum absolute atomic E-state index is 0.308. The van der Waals surface area contributed by atoms with Gasteiger partial charge in [0, 0.05) is 5.69 Å². The Morgan fingerprint density at radius 3 is 2.90 bits per heavy atom. The summed E-state index contributed by atoms with van der Waals surface area (Å²) in [4.78, 5) is 12.0. The van der Waals surface area contributed by atoms with Crippen LogP contribution in [0.3, 0.4) is 0 Å². The van der Waals surface area contributed by atoms with Crippen LogP contribution in [0.4, 0.5) is 10.1 Å². The highest BCUT2D eigenvalue weighted by molar-refractivity contribution is 5.88. The molecule has 1 saturated carbocycles. The molecule has 116 valence electrons. The van der Waals surface area contributed by atoms with Crippen LogP contribution < -0.4 is 11.1 Å². The molecule has 21 heavy (non-hydrogen) atoms. The van der Waals surface area contributed by atoms with E-state index < -0.39 is 5.54 Å². The van der Waals surface area contributed by atoms with Crippen LogP contribution in [-0.2, 0) is 4.79 Å². The van der Waals surface area contributed by atoms with Crippen LogP contribution in [0.25, 0.3) is 0 Å². The fourth-order valence-corrected chi connectivity index (χ4v) is 3.38. The maximum Gasteiger partial charge on any atom is 0.243 e. The van der Waals surface area contributed by atoms with Gasteiger partial charge in [0.2, 0.25) is 5.91 Å². The third-order valence-electron chi connectivity index (χ3n) is 4.57. The average molecular weight is 292 g/mol. The molecule has 1 amide bonds. The standard InChI is InChI=1S/C17H25FN2O/c1-2-5-13-6-4-10-17(11-9-13,16(19)21)20-15-8-3-7-14(18)12-15/h3,7-8,12-13,20H,2,4-6,9-11H2,1H3,(H2,19,21). The van der Waals surface area contributed by atoms with Gasteiger partial charge in [0.1, 0.15) is 11.4 Å². The first-order valence-electron chi connectivity index (χ1n) is 7.89. The Hall–Kier alpha value is -1.58. The molecule has 2 rings (SSSR count). The predicted molar refractivity (Wildman–Crippen MR) is 83.4 cm³/mol. The monoisotopic (exact) mass is 292 g/mol. The van der Waals surface area contributed by atoms with Gasteiger partial charge < -0.3 is 11.1 Å². The Morgan fingerprint density at radius 1 is 1.43 bits per heavy atom. The zero-order valence-corrected chi connectivity index (χ0v) is 12.7. The Labute approximate surface area is 126 Å². The lowest BCUT2D eigenvalue weighted by molar-refractivity contribution is -0.122. The fraction of sp³-hybridized carbons (Fsp3) is 0.588. The molecule has 0 aromatic heterocycles. The molecule has 0 spiro atoms. The molecule has 1 aliphatic rings. The van der Waals surface area contributed by atoms with E-state index in [1.807, 2.05) is 0 Å². The molecule has 2 unspecified atom stereocenters. The van der Waals surface area contributed by atoms with Crippen molar-refractivity contribution in [3.05, 3.63) is 30.1 Å². The number of nitrogens with one attached hydrogen (secondary N) is 1. The smallest absolute Gasteiger partial charge is 0.243 e. The van der Waals surface area contributed by atoms with Crippen molar-refractivity contribution in [2.45, 2.75) is 57.4 Å². The number of hydrogen-bond acceptors (Lipinski definition) is 2. The highest BCUT2D eigenvalue weighted by atomic mass is 19.1. The summed E-state index contributed by atoms with van der Waals surface area (Å²) >= 11 is 0. The van der Waals surface area contributed by atoms with Crippen molar-refractivity contribution in [3.63, 3.8) is 0 Å². The number of carbonyl (C=O) groups is 1. The summed E-state index contributed by atoms with van der Waals surface area (Å²) in [5, 5.41) is 3.22. The summed E-state index contributed by atoms with van der Waals surface area (Å²) in [6.07, 6.45) is 6.95. The molecule has 3 N–H and O–H groups in total. The molecule has 2 atom stereocenters. The Kier molecular flexibility index (Phi) is 5.21. The second-order valence-corrected chi connectivity index (χ2v) is 6.17. The highest BCUT2D eigenvalue weighted by Crippen LogP contribution is 2.35. The van der Waals surface area contributed by atoms with Gasteiger partial charge in [-0.1, -0.05) is 38.7 Å². The molecule has 4 heteroatoms. The van der Waals surface area contributed by atoms with Crippen LogP contribution in [-0.4, -0.2) is 11.4 Å². The number of halogens is 1. The van der Waals surface area contributed by atoms with Crippen LogP contribution in [0.5, 0.6) is 0 Å². The van der Waals surface area contributed by atoms with Crippen molar-refractivity contribution in [2.75, 3.05) is 5.32 Å². The van der Waals surface area contributed by atoms with E-state index in [1.54, 1.807) is 12.1 Å². The summed E-state index contributed by atoms with van der Waals surface area (Å²) in [6, 6.07) is 6.23. The molecule has 1 aromatic rings. The summed E-state index contributed by atoms with van der Waals surface area (Å²) in [5.41, 5.74) is 5.57. The number of carbonyl (C=O) groups excluding carboxylic acids is 1. The maximum atomic E-state index is 13.3. The van der Waals surface area contributed by atoms with Gasteiger partial charge in [-0.2, -0.15) is 0 Å². The molecular weight excluding hydrogens is 267 g/mol. The molecule has 0 radical (unpaired) electrons. The topological polar surface area (TPSA) is 55.1 Å². The van der Waals surface area contributed by atoms with Crippen molar-refractivity contribution in [2.24, 2.45) is 11.7 Å². The molecule has 1 fully saturated rings. The van der Waals surface area contributed by atoms with Crippen molar-refractivity contribution in [1.29, 1.82) is 0 Å². The molecule has 0 bridgehead atoms. The van der Waals surface area contributed by atoms with Crippen molar-refractivity contribution in [1.82, 2.24) is 0 Å². The lowest BCUT2D eigenvalue weighted by Gasteiger charge is -2.32. The quantitative estimate of drug-likeness (QED) is 0.810. The minimum atomic E-state index is -0.740. The zero-order chi connectivity index (χ0) is 15.3. The number of primary amides is 1. The number of rotatable bonds is 5. The summed E-state index contributed by atoms with van der Waals surface area (Å²) in [5.74, 6) is 0.0338. The molecule has 0 aliphatic heterocycles. The summed E-state index contributed by atoms with van der Waals surface area (Å²) in [6.45, 7) is 2.19. The van der Waals surface area contributed by atoms with E-state index in [4.69, 9.17) is 5.73 Å². The van der Waals surface area contributed by atoms with E-state index in [1.165, 1.54) is 25.0 Å². The first-order chi connectivity index (χ1) is 10.1. The Morgan fingerprint density at radius 2 is 2.24 bits per heavy atom.